The van der Waals surface area contributed by atoms with Gasteiger partial charge in [0.15, 0.2) is 11.6 Å². The summed E-state index contributed by atoms with van der Waals surface area (Å²) in [6.07, 6.45) is 5.06. The fraction of sp³-hybridized carbons (Fsp3) is 0.273. The highest BCUT2D eigenvalue weighted by molar-refractivity contribution is 5.23. The van der Waals surface area contributed by atoms with Crippen LogP contribution in [-0.4, -0.2) is 13.1 Å². The number of halogens is 2. The third-order valence-electron chi connectivity index (χ3n) is 2.04. The Balaban J connectivity index is 2.92. The molecule has 0 saturated heterocycles. The average Bonchev–Trinajstić information content (AvgIpc) is 2.25. The van der Waals surface area contributed by atoms with Gasteiger partial charge in [-0.15, -0.1) is 6.42 Å². The van der Waals surface area contributed by atoms with Gasteiger partial charge in [0.2, 0.25) is 0 Å². The van der Waals surface area contributed by atoms with Gasteiger partial charge in [-0.05, 0) is 6.07 Å². The lowest BCUT2D eigenvalue weighted by atomic mass is 10.1. The summed E-state index contributed by atoms with van der Waals surface area (Å²) in [6.45, 7) is 0.417. The number of hydrogen-bond acceptors (Lipinski definition) is 2. The summed E-state index contributed by atoms with van der Waals surface area (Å²) in [4.78, 5) is 0. The molecule has 0 radical (unpaired) electrons. The summed E-state index contributed by atoms with van der Waals surface area (Å²) < 4.78 is 26.3. The number of nitrogens with two attached hydrogens (primary N) is 1. The van der Waals surface area contributed by atoms with Crippen LogP contribution in [0.25, 0.3) is 0 Å². The molecular formula is C11H12F2N2. The highest BCUT2D eigenvalue weighted by atomic mass is 19.2. The SMILES string of the molecule is C#CCNC(CN)c1cccc(F)c1F. The minimum absolute atomic E-state index is 0.155. The van der Waals surface area contributed by atoms with Crippen LogP contribution in [0.3, 0.4) is 0 Å². The molecule has 15 heavy (non-hydrogen) atoms. The molecule has 80 valence electrons. The second-order valence-corrected chi connectivity index (χ2v) is 3.02. The standard InChI is InChI=1S/C11H12F2N2/c1-2-6-15-10(7-14)8-4-3-5-9(12)11(8)13/h1,3-5,10,15H,6-7,14H2. The summed E-state index contributed by atoms with van der Waals surface area (Å²) in [5, 5.41) is 2.84. The lowest BCUT2D eigenvalue weighted by Gasteiger charge is -2.16. The van der Waals surface area contributed by atoms with E-state index in [1.165, 1.54) is 12.1 Å². The van der Waals surface area contributed by atoms with Crippen molar-refractivity contribution < 1.29 is 8.78 Å². The van der Waals surface area contributed by atoms with Crippen LogP contribution in [-0.2, 0) is 0 Å². The Bertz CT molecular complexity index is 371. The van der Waals surface area contributed by atoms with Crippen molar-refractivity contribution in [2.45, 2.75) is 6.04 Å². The van der Waals surface area contributed by atoms with Gasteiger partial charge in [0, 0.05) is 18.2 Å². The first kappa shape index (κ1) is 11.6. The van der Waals surface area contributed by atoms with Crippen molar-refractivity contribution in [3.05, 3.63) is 35.4 Å². The van der Waals surface area contributed by atoms with E-state index in [9.17, 15) is 8.78 Å². The first-order valence-corrected chi connectivity index (χ1v) is 4.51. The molecule has 1 rings (SSSR count). The van der Waals surface area contributed by atoms with Crippen molar-refractivity contribution in [2.24, 2.45) is 5.73 Å². The van der Waals surface area contributed by atoms with Gasteiger partial charge in [-0.25, -0.2) is 8.78 Å². The molecule has 0 aromatic heterocycles. The molecule has 3 N–H and O–H groups in total. The van der Waals surface area contributed by atoms with Crippen LogP contribution in [0.1, 0.15) is 11.6 Å². The molecule has 0 spiro atoms. The van der Waals surface area contributed by atoms with Gasteiger partial charge in [-0.3, -0.25) is 5.32 Å². The molecule has 0 fully saturated rings. The van der Waals surface area contributed by atoms with Crippen LogP contribution in [0.15, 0.2) is 18.2 Å². The number of rotatable bonds is 4. The Morgan fingerprint density at radius 1 is 1.47 bits per heavy atom. The largest absolute Gasteiger partial charge is 0.329 e. The molecule has 1 atom stereocenters. The Morgan fingerprint density at radius 2 is 2.20 bits per heavy atom. The number of benzene rings is 1. The fourth-order valence-corrected chi connectivity index (χ4v) is 1.29. The average molecular weight is 210 g/mol. The van der Waals surface area contributed by atoms with E-state index in [-0.39, 0.29) is 18.7 Å². The molecule has 1 unspecified atom stereocenters. The minimum atomic E-state index is -0.881. The number of hydrogen-bond donors (Lipinski definition) is 2. The van der Waals surface area contributed by atoms with Crippen LogP contribution in [0, 0.1) is 24.0 Å². The molecule has 2 nitrogen and oxygen atoms in total. The molecule has 0 bridgehead atoms. The van der Waals surface area contributed by atoms with E-state index in [0.29, 0.717) is 0 Å². The topological polar surface area (TPSA) is 38.0 Å². The van der Waals surface area contributed by atoms with Gasteiger partial charge in [0.05, 0.1) is 6.54 Å². The third kappa shape index (κ3) is 2.75. The Labute approximate surface area is 87.5 Å². The second kappa shape index (κ2) is 5.44. The first-order valence-electron chi connectivity index (χ1n) is 4.51. The van der Waals surface area contributed by atoms with Crippen molar-refractivity contribution >= 4 is 0 Å². The highest BCUT2D eigenvalue weighted by Crippen LogP contribution is 2.18. The van der Waals surface area contributed by atoms with Gasteiger partial charge in [-0.1, -0.05) is 18.1 Å². The third-order valence-corrected chi connectivity index (χ3v) is 2.04. The summed E-state index contributed by atoms with van der Waals surface area (Å²) >= 11 is 0. The van der Waals surface area contributed by atoms with Crippen molar-refractivity contribution in [1.29, 1.82) is 0 Å². The molecule has 0 aliphatic heterocycles. The predicted molar refractivity (Wildman–Crippen MR) is 55.0 cm³/mol. The molecular weight excluding hydrogens is 198 g/mol. The quantitative estimate of drug-likeness (QED) is 0.732. The van der Waals surface area contributed by atoms with E-state index in [4.69, 9.17) is 12.2 Å². The normalized spacial score (nSPS) is 12.1. The highest BCUT2D eigenvalue weighted by Gasteiger charge is 2.15. The zero-order valence-electron chi connectivity index (χ0n) is 8.13. The summed E-state index contributed by atoms with van der Waals surface area (Å²) in [5.41, 5.74) is 5.65. The lowest BCUT2D eigenvalue weighted by Crippen LogP contribution is -2.29. The maximum atomic E-state index is 13.3. The Kier molecular flexibility index (Phi) is 4.22. The van der Waals surface area contributed by atoms with Crippen molar-refractivity contribution in [2.75, 3.05) is 13.1 Å². The maximum Gasteiger partial charge on any atom is 0.163 e. The zero-order valence-corrected chi connectivity index (χ0v) is 8.13. The van der Waals surface area contributed by atoms with Crippen molar-refractivity contribution in [1.82, 2.24) is 5.32 Å². The van der Waals surface area contributed by atoms with E-state index in [0.717, 1.165) is 6.07 Å². The Morgan fingerprint density at radius 3 is 2.80 bits per heavy atom. The molecule has 0 saturated carbocycles. The van der Waals surface area contributed by atoms with Crippen molar-refractivity contribution in [3.63, 3.8) is 0 Å². The van der Waals surface area contributed by atoms with Gasteiger partial charge in [0.1, 0.15) is 0 Å². The number of terminal acetylenes is 1. The van der Waals surface area contributed by atoms with Gasteiger partial charge in [0.25, 0.3) is 0 Å². The van der Waals surface area contributed by atoms with E-state index < -0.39 is 17.7 Å². The first-order chi connectivity index (χ1) is 7.20. The molecule has 4 heteroatoms. The van der Waals surface area contributed by atoms with E-state index in [1.54, 1.807) is 0 Å². The molecule has 1 aromatic rings. The van der Waals surface area contributed by atoms with E-state index in [2.05, 4.69) is 11.2 Å². The van der Waals surface area contributed by atoms with Gasteiger partial charge < -0.3 is 5.73 Å². The predicted octanol–water partition coefficient (Wildman–Crippen LogP) is 1.19. The van der Waals surface area contributed by atoms with Crippen LogP contribution < -0.4 is 11.1 Å². The van der Waals surface area contributed by atoms with E-state index >= 15 is 0 Å². The van der Waals surface area contributed by atoms with Crippen molar-refractivity contribution in [3.8, 4) is 12.3 Å². The molecule has 0 aliphatic carbocycles. The molecule has 0 amide bonds. The van der Waals surface area contributed by atoms with Crippen LogP contribution >= 0.6 is 0 Å². The molecule has 0 heterocycles. The molecule has 0 aliphatic rings. The Hall–Kier alpha value is -1.44. The van der Waals surface area contributed by atoms with Crippen LogP contribution in [0.5, 0.6) is 0 Å². The van der Waals surface area contributed by atoms with E-state index in [1.807, 2.05) is 0 Å². The maximum absolute atomic E-state index is 13.3. The monoisotopic (exact) mass is 210 g/mol. The summed E-state index contributed by atoms with van der Waals surface area (Å²) in [7, 11) is 0. The van der Waals surface area contributed by atoms with Gasteiger partial charge in [-0.2, -0.15) is 0 Å². The summed E-state index contributed by atoms with van der Waals surface area (Å²) in [5.74, 6) is 0.595. The fourth-order valence-electron chi connectivity index (χ4n) is 1.29. The lowest BCUT2D eigenvalue weighted by molar-refractivity contribution is 0.472. The van der Waals surface area contributed by atoms with Crippen LogP contribution in [0.2, 0.25) is 0 Å². The van der Waals surface area contributed by atoms with Gasteiger partial charge >= 0.3 is 0 Å². The summed E-state index contributed by atoms with van der Waals surface area (Å²) in [6, 6.07) is 3.53. The minimum Gasteiger partial charge on any atom is -0.329 e. The second-order valence-electron chi connectivity index (χ2n) is 3.02. The smallest absolute Gasteiger partial charge is 0.163 e. The molecule has 1 aromatic carbocycles. The van der Waals surface area contributed by atoms with Crippen LogP contribution in [0.4, 0.5) is 8.78 Å². The number of nitrogens with one attached hydrogen (secondary N) is 1. The zero-order chi connectivity index (χ0) is 11.3.